The Morgan fingerprint density at radius 1 is 0.923 bits per heavy atom. The smallest absolute Gasteiger partial charge is 0.306 e. The number of hydrogen-bond donors (Lipinski definition) is 8. The number of phenols is 1. The summed E-state index contributed by atoms with van der Waals surface area (Å²) in [6, 6.07) is 0.733. The number of carbonyl (C=O) groups excluding carboxylic acids is 5. The number of carboxylic acids is 1. The van der Waals surface area contributed by atoms with Crippen LogP contribution in [0.5, 0.6) is 5.75 Å². The number of likely N-dealkylation sites (N-methyl/N-ethyl adjacent to an activating group) is 1. The Morgan fingerprint density at radius 3 is 2.13 bits per heavy atom. The first-order valence-corrected chi connectivity index (χ1v) is 18.2. The van der Waals surface area contributed by atoms with Crippen molar-refractivity contribution in [1.82, 2.24) is 20.9 Å². The molecule has 1 aromatic rings. The van der Waals surface area contributed by atoms with Gasteiger partial charge in [-0.25, -0.2) is 0 Å². The minimum atomic E-state index is -1.21. The predicted octanol–water partition coefficient (Wildman–Crippen LogP) is 0.858. The summed E-state index contributed by atoms with van der Waals surface area (Å²) in [7, 11) is 1.51. The van der Waals surface area contributed by atoms with Gasteiger partial charge in [-0.1, -0.05) is 38.1 Å². The summed E-state index contributed by atoms with van der Waals surface area (Å²) >= 11 is 0. The van der Waals surface area contributed by atoms with E-state index in [-0.39, 0.29) is 50.2 Å². The van der Waals surface area contributed by atoms with E-state index in [1.165, 1.54) is 24.1 Å². The van der Waals surface area contributed by atoms with Gasteiger partial charge in [-0.2, -0.15) is 0 Å². The maximum atomic E-state index is 14.0. The molecule has 52 heavy (non-hydrogen) atoms. The number of amides is 4. The summed E-state index contributed by atoms with van der Waals surface area (Å²) in [5.74, 6) is -4.91. The third kappa shape index (κ3) is 14.7. The summed E-state index contributed by atoms with van der Waals surface area (Å²) in [6.45, 7) is 4.48. The van der Waals surface area contributed by atoms with Gasteiger partial charge in [-0.15, -0.1) is 0 Å². The molecule has 0 saturated heterocycles. The van der Waals surface area contributed by atoms with E-state index in [1.807, 2.05) is 13.8 Å². The highest BCUT2D eigenvalue weighted by Crippen LogP contribution is 2.20. The third-order valence-electron chi connectivity index (χ3n) is 9.14. The number of ketones is 1. The van der Waals surface area contributed by atoms with E-state index in [1.54, 1.807) is 24.3 Å². The molecule has 2 rings (SSSR count). The van der Waals surface area contributed by atoms with Crippen LogP contribution in [-0.4, -0.2) is 101 Å². The number of nitrogens with zero attached hydrogens (tertiary/aromatic N) is 1. The Balaban J connectivity index is 2.47. The van der Waals surface area contributed by atoms with Crippen LogP contribution in [0, 0.1) is 11.8 Å². The van der Waals surface area contributed by atoms with E-state index < -0.39 is 71.5 Å². The third-order valence-corrected chi connectivity index (χ3v) is 9.14. The van der Waals surface area contributed by atoms with Crippen LogP contribution in [0.25, 0.3) is 0 Å². The SMILES string of the molecule is CC(C)C[C@H](CC(=O)[C@H](Cc1ccc(O)cc1)NC(=O)[C@@H]1CC=CC[C@H](N)C(=O)N(C)[C@@H](CCCCN)C(=O)N[C@@H](CCCCN)C(=O)N1)C(=O)O. The van der Waals surface area contributed by atoms with E-state index in [0.29, 0.717) is 50.8 Å². The fourth-order valence-electron chi connectivity index (χ4n) is 6.12. The van der Waals surface area contributed by atoms with Crippen LogP contribution < -0.4 is 33.2 Å². The van der Waals surface area contributed by atoms with Crippen LogP contribution in [0.15, 0.2) is 36.4 Å². The molecule has 1 aromatic carbocycles. The second kappa shape index (κ2) is 22.6. The predicted molar refractivity (Wildman–Crippen MR) is 197 cm³/mol. The zero-order valence-electron chi connectivity index (χ0n) is 30.7. The van der Waals surface area contributed by atoms with E-state index in [0.717, 1.165) is 0 Å². The molecule has 11 N–H and O–H groups in total. The molecular formula is C37H59N7O8. The molecule has 0 radical (unpaired) electrons. The Labute approximate surface area is 306 Å². The number of nitrogens with one attached hydrogen (secondary N) is 3. The van der Waals surface area contributed by atoms with E-state index >= 15 is 0 Å². The van der Waals surface area contributed by atoms with Gasteiger partial charge < -0.3 is 48.3 Å². The molecule has 0 aliphatic carbocycles. The van der Waals surface area contributed by atoms with Gasteiger partial charge in [0.1, 0.15) is 23.9 Å². The quantitative estimate of drug-likeness (QED) is 0.0776. The number of Topliss-reactive ketones (excluding diaryl/α,β-unsaturated/α-hetero) is 1. The molecule has 0 saturated carbocycles. The average Bonchev–Trinajstić information content (AvgIpc) is 3.09. The number of carbonyl (C=O) groups is 6. The molecular weight excluding hydrogens is 670 g/mol. The van der Waals surface area contributed by atoms with Crippen molar-refractivity contribution in [2.24, 2.45) is 29.0 Å². The number of unbranched alkanes of at least 4 members (excludes halogenated alkanes) is 2. The van der Waals surface area contributed by atoms with Crippen LogP contribution in [0.4, 0.5) is 0 Å². The Bertz CT molecular complexity index is 1370. The zero-order valence-corrected chi connectivity index (χ0v) is 30.7. The molecule has 0 bridgehead atoms. The van der Waals surface area contributed by atoms with Gasteiger partial charge in [0.2, 0.25) is 23.6 Å². The van der Waals surface area contributed by atoms with Crippen molar-refractivity contribution in [3.8, 4) is 5.75 Å². The monoisotopic (exact) mass is 729 g/mol. The number of aromatic hydroxyl groups is 1. The second-order valence-electron chi connectivity index (χ2n) is 14.0. The van der Waals surface area contributed by atoms with Gasteiger partial charge in [0.25, 0.3) is 0 Å². The number of aliphatic carboxylic acids is 1. The first kappa shape index (κ1) is 43.8. The lowest BCUT2D eigenvalue weighted by Gasteiger charge is -2.31. The summed E-state index contributed by atoms with van der Waals surface area (Å²) in [4.78, 5) is 81.8. The van der Waals surface area contributed by atoms with E-state index in [9.17, 15) is 39.0 Å². The Morgan fingerprint density at radius 2 is 1.54 bits per heavy atom. The van der Waals surface area contributed by atoms with Gasteiger partial charge >= 0.3 is 5.97 Å². The molecule has 15 nitrogen and oxygen atoms in total. The fourth-order valence-corrected chi connectivity index (χ4v) is 6.12. The summed E-state index contributed by atoms with van der Waals surface area (Å²) in [5.41, 5.74) is 18.2. The van der Waals surface area contributed by atoms with Gasteiger partial charge in [0, 0.05) is 13.5 Å². The van der Waals surface area contributed by atoms with Gasteiger partial charge in [-0.3, -0.25) is 28.8 Å². The lowest BCUT2D eigenvalue weighted by Crippen LogP contribution is -2.58. The molecule has 0 spiro atoms. The van der Waals surface area contributed by atoms with Gasteiger partial charge in [0.15, 0.2) is 5.78 Å². The average molecular weight is 730 g/mol. The molecule has 1 heterocycles. The maximum absolute atomic E-state index is 14.0. The van der Waals surface area contributed by atoms with Crippen molar-refractivity contribution in [2.45, 2.75) is 115 Å². The molecule has 15 heteroatoms. The number of hydrogen-bond acceptors (Lipinski definition) is 10. The molecule has 1 aliphatic heterocycles. The van der Waals surface area contributed by atoms with Crippen molar-refractivity contribution in [3.05, 3.63) is 42.0 Å². The van der Waals surface area contributed by atoms with Crippen molar-refractivity contribution < 1.29 is 39.0 Å². The number of nitrogens with two attached hydrogens (primary N) is 3. The summed E-state index contributed by atoms with van der Waals surface area (Å²) in [6.07, 6.45) is 6.00. The second-order valence-corrected chi connectivity index (χ2v) is 14.0. The highest BCUT2D eigenvalue weighted by atomic mass is 16.4. The van der Waals surface area contributed by atoms with Crippen molar-refractivity contribution >= 4 is 35.4 Å². The summed E-state index contributed by atoms with van der Waals surface area (Å²) in [5, 5.41) is 27.9. The molecule has 0 aromatic heterocycles. The van der Waals surface area contributed by atoms with Crippen LogP contribution in [0.2, 0.25) is 0 Å². The van der Waals surface area contributed by atoms with Crippen molar-refractivity contribution in [1.29, 1.82) is 0 Å². The van der Waals surface area contributed by atoms with E-state index in [4.69, 9.17) is 17.2 Å². The van der Waals surface area contributed by atoms with Crippen LogP contribution in [0.3, 0.4) is 0 Å². The van der Waals surface area contributed by atoms with Crippen LogP contribution in [-0.2, 0) is 35.2 Å². The zero-order chi connectivity index (χ0) is 38.8. The minimum Gasteiger partial charge on any atom is -0.508 e. The molecule has 290 valence electrons. The first-order chi connectivity index (χ1) is 24.7. The Hall–Kier alpha value is -4.34. The molecule has 4 amide bonds. The lowest BCUT2D eigenvalue weighted by molar-refractivity contribution is -0.144. The molecule has 0 fully saturated rings. The van der Waals surface area contributed by atoms with Gasteiger partial charge in [-0.05, 0) is 101 Å². The van der Waals surface area contributed by atoms with Gasteiger partial charge in [0.05, 0.1) is 18.0 Å². The highest BCUT2D eigenvalue weighted by Gasteiger charge is 2.34. The molecule has 1 aliphatic rings. The van der Waals surface area contributed by atoms with Crippen LogP contribution >= 0.6 is 0 Å². The van der Waals surface area contributed by atoms with Crippen molar-refractivity contribution in [3.63, 3.8) is 0 Å². The minimum absolute atomic E-state index is 0.00315. The normalized spacial score (nSPS) is 21.5. The highest BCUT2D eigenvalue weighted by molar-refractivity contribution is 5.96. The largest absolute Gasteiger partial charge is 0.508 e. The van der Waals surface area contributed by atoms with Crippen LogP contribution in [0.1, 0.15) is 83.6 Å². The number of benzene rings is 1. The lowest BCUT2D eigenvalue weighted by atomic mass is 9.89. The maximum Gasteiger partial charge on any atom is 0.306 e. The van der Waals surface area contributed by atoms with E-state index in [2.05, 4.69) is 16.0 Å². The standard InChI is InChI=1S/C37H59N7O8/c1-23(2)20-25(37(51)52)22-32(46)30(21-24-14-16-26(45)17-15-24)43-34(48)28-11-5-4-10-27(40)36(50)44(3)31(13-7-9-19-39)35(49)42-29(33(47)41-28)12-6-8-18-38/h4-5,14-17,23,25,27-31,45H,6-13,18-22,38-40H2,1-3H3,(H,41,47)(H,42,49)(H,43,48)(H,51,52)/t25-,27+,28+,29+,30+,31+/m1/s1. The number of rotatable bonds is 18. The summed E-state index contributed by atoms with van der Waals surface area (Å²) < 4.78 is 0. The molecule has 6 atom stereocenters. The Kier molecular flexibility index (Phi) is 19.0. The molecule has 0 unspecified atom stereocenters. The fraction of sp³-hybridized carbons (Fsp3) is 0.622. The number of phenolic OH excluding ortho intramolecular Hbond substituents is 1. The number of carboxylic acid groups (broad SMARTS) is 1. The van der Waals surface area contributed by atoms with Crippen molar-refractivity contribution in [2.75, 3.05) is 20.1 Å². The first-order valence-electron chi connectivity index (χ1n) is 18.2. The topological polar surface area (TPSA) is 260 Å².